The number of rotatable bonds is 2. The first-order valence-electron chi connectivity index (χ1n) is 4.28. The molecule has 0 aliphatic rings. The van der Waals surface area contributed by atoms with Crippen LogP contribution in [0.1, 0.15) is 0 Å². The molecule has 80 valence electrons. The number of benzene rings is 1. The van der Waals surface area contributed by atoms with Crippen molar-refractivity contribution >= 4 is 17.5 Å². The van der Waals surface area contributed by atoms with Crippen molar-refractivity contribution in [3.8, 4) is 5.75 Å². The van der Waals surface area contributed by atoms with E-state index in [4.69, 9.17) is 10.5 Å². The summed E-state index contributed by atoms with van der Waals surface area (Å²) in [5.74, 6) is -1.05. The summed E-state index contributed by atoms with van der Waals surface area (Å²) in [6, 6.07) is 6.72. The lowest BCUT2D eigenvalue weighted by molar-refractivity contribution is -0.135. The van der Waals surface area contributed by atoms with E-state index in [2.05, 4.69) is 0 Å². The Morgan fingerprint density at radius 2 is 1.80 bits per heavy atom. The van der Waals surface area contributed by atoms with E-state index < -0.39 is 11.8 Å². The second kappa shape index (κ2) is 4.45. The van der Waals surface area contributed by atoms with Crippen LogP contribution in [0.2, 0.25) is 0 Å². The SMILES string of the molecule is COc1ccc(N(C)C(=O)C(N)=O)cc1. The largest absolute Gasteiger partial charge is 0.497 e. The molecule has 1 aromatic carbocycles. The molecule has 0 saturated heterocycles. The maximum atomic E-state index is 11.2. The minimum atomic E-state index is -0.978. The van der Waals surface area contributed by atoms with E-state index in [-0.39, 0.29) is 0 Å². The maximum Gasteiger partial charge on any atom is 0.315 e. The second-order valence-electron chi connectivity index (χ2n) is 2.93. The fourth-order valence-corrected chi connectivity index (χ4v) is 1.09. The van der Waals surface area contributed by atoms with Crippen molar-refractivity contribution in [3.05, 3.63) is 24.3 Å². The highest BCUT2D eigenvalue weighted by atomic mass is 16.5. The zero-order valence-electron chi connectivity index (χ0n) is 8.56. The highest BCUT2D eigenvalue weighted by Crippen LogP contribution is 2.17. The predicted octanol–water partition coefficient (Wildman–Crippen LogP) is 0.143. The monoisotopic (exact) mass is 208 g/mol. The molecule has 15 heavy (non-hydrogen) atoms. The van der Waals surface area contributed by atoms with Crippen molar-refractivity contribution in [3.63, 3.8) is 0 Å². The zero-order chi connectivity index (χ0) is 11.4. The van der Waals surface area contributed by atoms with Crippen molar-refractivity contribution in [2.75, 3.05) is 19.1 Å². The van der Waals surface area contributed by atoms with E-state index in [1.165, 1.54) is 11.9 Å². The number of primary amides is 1. The molecule has 0 radical (unpaired) electrons. The van der Waals surface area contributed by atoms with Gasteiger partial charge in [-0.3, -0.25) is 9.59 Å². The summed E-state index contributed by atoms with van der Waals surface area (Å²) in [6.07, 6.45) is 0. The highest BCUT2D eigenvalue weighted by Gasteiger charge is 2.16. The fourth-order valence-electron chi connectivity index (χ4n) is 1.09. The number of nitrogens with two attached hydrogens (primary N) is 1. The molecule has 5 heteroatoms. The van der Waals surface area contributed by atoms with Crippen LogP contribution in [0.4, 0.5) is 5.69 Å². The Balaban J connectivity index is 2.87. The second-order valence-corrected chi connectivity index (χ2v) is 2.93. The Morgan fingerprint density at radius 3 is 2.20 bits per heavy atom. The summed E-state index contributed by atoms with van der Waals surface area (Å²) >= 11 is 0. The van der Waals surface area contributed by atoms with Gasteiger partial charge in [-0.15, -0.1) is 0 Å². The lowest BCUT2D eigenvalue weighted by Gasteiger charge is -2.15. The van der Waals surface area contributed by atoms with E-state index in [1.807, 2.05) is 0 Å². The quantitative estimate of drug-likeness (QED) is 0.703. The van der Waals surface area contributed by atoms with E-state index in [0.29, 0.717) is 11.4 Å². The topological polar surface area (TPSA) is 72.6 Å². The van der Waals surface area contributed by atoms with Gasteiger partial charge in [0, 0.05) is 12.7 Å². The summed E-state index contributed by atoms with van der Waals surface area (Å²) in [5.41, 5.74) is 5.46. The summed E-state index contributed by atoms with van der Waals surface area (Å²) < 4.78 is 4.96. The van der Waals surface area contributed by atoms with Gasteiger partial charge in [0.15, 0.2) is 0 Å². The predicted molar refractivity (Wildman–Crippen MR) is 55.6 cm³/mol. The molecule has 0 heterocycles. The lowest BCUT2D eigenvalue weighted by atomic mass is 10.3. The van der Waals surface area contributed by atoms with Crippen molar-refractivity contribution in [1.82, 2.24) is 0 Å². The number of hydrogen-bond acceptors (Lipinski definition) is 3. The Kier molecular flexibility index (Phi) is 3.28. The van der Waals surface area contributed by atoms with Gasteiger partial charge in [0.25, 0.3) is 0 Å². The molecular formula is C10H12N2O3. The third kappa shape index (κ3) is 2.46. The van der Waals surface area contributed by atoms with Gasteiger partial charge in [-0.2, -0.15) is 0 Å². The van der Waals surface area contributed by atoms with Gasteiger partial charge >= 0.3 is 11.8 Å². The summed E-state index contributed by atoms with van der Waals surface area (Å²) in [4.78, 5) is 23.0. The van der Waals surface area contributed by atoms with Crippen LogP contribution >= 0.6 is 0 Å². The summed E-state index contributed by atoms with van der Waals surface area (Å²) in [5, 5.41) is 0. The third-order valence-corrected chi connectivity index (χ3v) is 1.98. The molecule has 2 amide bonds. The summed E-state index contributed by atoms with van der Waals surface area (Å²) in [7, 11) is 3.03. The molecule has 0 aliphatic carbocycles. The molecule has 0 unspecified atom stereocenters. The van der Waals surface area contributed by atoms with Gasteiger partial charge in [0.2, 0.25) is 0 Å². The van der Waals surface area contributed by atoms with E-state index in [0.717, 1.165) is 0 Å². The normalized spacial score (nSPS) is 9.47. The number of hydrogen-bond donors (Lipinski definition) is 1. The molecule has 0 aromatic heterocycles. The number of methoxy groups -OCH3 is 1. The number of nitrogens with zero attached hydrogens (tertiary/aromatic N) is 1. The third-order valence-electron chi connectivity index (χ3n) is 1.98. The molecule has 0 spiro atoms. The molecule has 1 rings (SSSR count). The molecule has 1 aromatic rings. The maximum absolute atomic E-state index is 11.2. The number of amides is 2. The van der Waals surface area contributed by atoms with Gasteiger partial charge in [-0.1, -0.05) is 0 Å². The lowest BCUT2D eigenvalue weighted by Crippen LogP contribution is -2.37. The Hall–Kier alpha value is -2.04. The van der Waals surface area contributed by atoms with Crippen LogP contribution < -0.4 is 15.4 Å². The van der Waals surface area contributed by atoms with Crippen LogP contribution in [0.5, 0.6) is 5.75 Å². The Labute approximate surface area is 87.4 Å². The minimum Gasteiger partial charge on any atom is -0.497 e. The van der Waals surface area contributed by atoms with Crippen molar-refractivity contribution < 1.29 is 14.3 Å². The van der Waals surface area contributed by atoms with Gasteiger partial charge in [0.05, 0.1) is 7.11 Å². The summed E-state index contributed by atoms with van der Waals surface area (Å²) in [6.45, 7) is 0. The van der Waals surface area contributed by atoms with Gasteiger partial charge < -0.3 is 15.4 Å². The van der Waals surface area contributed by atoms with E-state index in [1.54, 1.807) is 31.4 Å². The van der Waals surface area contributed by atoms with Crippen molar-refractivity contribution in [2.45, 2.75) is 0 Å². The first-order valence-corrected chi connectivity index (χ1v) is 4.28. The number of carbonyl (C=O) groups is 2. The smallest absolute Gasteiger partial charge is 0.315 e. The van der Waals surface area contributed by atoms with Crippen LogP contribution in [0.3, 0.4) is 0 Å². The minimum absolute atomic E-state index is 0.583. The zero-order valence-corrected chi connectivity index (χ0v) is 8.56. The molecule has 0 fully saturated rings. The van der Waals surface area contributed by atoms with E-state index >= 15 is 0 Å². The van der Waals surface area contributed by atoms with E-state index in [9.17, 15) is 9.59 Å². The van der Waals surface area contributed by atoms with Crippen LogP contribution in [0.25, 0.3) is 0 Å². The van der Waals surface area contributed by atoms with Crippen LogP contribution in [-0.4, -0.2) is 26.0 Å². The Morgan fingerprint density at radius 1 is 1.27 bits per heavy atom. The van der Waals surface area contributed by atoms with Crippen LogP contribution in [0.15, 0.2) is 24.3 Å². The van der Waals surface area contributed by atoms with Gasteiger partial charge in [-0.25, -0.2) is 0 Å². The highest BCUT2D eigenvalue weighted by molar-refractivity contribution is 6.39. The fraction of sp³-hybridized carbons (Fsp3) is 0.200. The number of likely N-dealkylation sites (N-methyl/N-ethyl adjacent to an activating group) is 1. The average Bonchev–Trinajstić information content (AvgIpc) is 2.27. The molecule has 0 saturated carbocycles. The molecule has 0 aliphatic heterocycles. The van der Waals surface area contributed by atoms with Crippen LogP contribution in [-0.2, 0) is 9.59 Å². The molecule has 5 nitrogen and oxygen atoms in total. The molecule has 0 atom stereocenters. The number of ether oxygens (including phenoxy) is 1. The standard InChI is InChI=1S/C10H12N2O3/c1-12(10(14)9(11)13)7-3-5-8(15-2)6-4-7/h3-6H,1-2H3,(H2,11,13). The average molecular weight is 208 g/mol. The number of anilines is 1. The van der Waals surface area contributed by atoms with Gasteiger partial charge in [-0.05, 0) is 24.3 Å². The molecular weight excluding hydrogens is 196 g/mol. The van der Waals surface area contributed by atoms with Crippen LogP contribution in [0, 0.1) is 0 Å². The number of carbonyl (C=O) groups excluding carboxylic acids is 2. The Bertz CT molecular complexity index is 373. The first-order chi connectivity index (χ1) is 7.06. The van der Waals surface area contributed by atoms with Crippen molar-refractivity contribution in [2.24, 2.45) is 5.73 Å². The van der Waals surface area contributed by atoms with Crippen molar-refractivity contribution in [1.29, 1.82) is 0 Å². The van der Waals surface area contributed by atoms with Gasteiger partial charge in [0.1, 0.15) is 5.75 Å². The first kappa shape index (κ1) is 11.0. The molecule has 0 bridgehead atoms. The molecule has 2 N–H and O–H groups in total.